The molecule has 0 aromatic heterocycles. The highest BCUT2D eigenvalue weighted by atomic mass is 16.6. The quantitative estimate of drug-likeness (QED) is 0.906. The Morgan fingerprint density at radius 3 is 2.43 bits per heavy atom. The molecule has 2 rings (SSSR count). The molecule has 1 saturated heterocycles. The summed E-state index contributed by atoms with van der Waals surface area (Å²) in [5, 5.41) is 9.22. The molecular weight excluding hydrogens is 274 g/mol. The molecule has 0 unspecified atom stereocenters. The molecule has 1 aliphatic rings. The average molecular weight is 293 g/mol. The largest absolute Gasteiger partial charge is 0.478 e. The Bertz CT molecular complexity index is 523. The molecule has 1 heterocycles. The molecule has 2 atom stereocenters. The van der Waals surface area contributed by atoms with Crippen molar-refractivity contribution < 1.29 is 24.2 Å². The van der Waals surface area contributed by atoms with Gasteiger partial charge in [0.25, 0.3) is 0 Å². The minimum atomic E-state index is -1.33. The lowest BCUT2D eigenvalue weighted by atomic mass is 10.1. The minimum Gasteiger partial charge on any atom is -0.478 e. The number of rotatable bonds is 2. The number of hydrogen-bond acceptors (Lipinski definition) is 4. The fraction of sp³-hybridized carbons (Fsp3) is 0.467. The molecule has 21 heavy (non-hydrogen) atoms. The molecule has 1 N–H and O–H groups in total. The van der Waals surface area contributed by atoms with Crippen LogP contribution in [-0.2, 0) is 14.3 Å². The first-order valence-corrected chi connectivity index (χ1v) is 6.70. The summed E-state index contributed by atoms with van der Waals surface area (Å²) >= 11 is 0. The van der Waals surface area contributed by atoms with Crippen LogP contribution >= 0.6 is 0 Å². The molecule has 0 aliphatic carbocycles. The number of aliphatic carboxylic acids is 1. The van der Waals surface area contributed by atoms with Crippen LogP contribution in [0, 0.1) is 0 Å². The molecular formula is C15H19NO5. The van der Waals surface area contributed by atoms with Crippen molar-refractivity contribution in [2.45, 2.75) is 38.6 Å². The summed E-state index contributed by atoms with van der Waals surface area (Å²) in [6.07, 6.45) is -2.02. The summed E-state index contributed by atoms with van der Waals surface area (Å²) in [6.45, 7) is 5.32. The van der Waals surface area contributed by atoms with Crippen LogP contribution in [-0.4, -0.2) is 40.5 Å². The highest BCUT2D eigenvalue weighted by Crippen LogP contribution is 2.32. The van der Waals surface area contributed by atoms with Gasteiger partial charge in [-0.05, 0) is 26.3 Å². The number of amides is 1. The van der Waals surface area contributed by atoms with Crippen LogP contribution in [0.1, 0.15) is 32.4 Å². The topological polar surface area (TPSA) is 76.1 Å². The van der Waals surface area contributed by atoms with Crippen LogP contribution in [0.15, 0.2) is 30.3 Å². The predicted octanol–water partition coefficient (Wildman–Crippen LogP) is 2.41. The van der Waals surface area contributed by atoms with Crippen LogP contribution in [0.4, 0.5) is 4.79 Å². The molecule has 114 valence electrons. The molecule has 1 amide bonds. The third kappa shape index (κ3) is 3.52. The van der Waals surface area contributed by atoms with Crippen LogP contribution in [0.3, 0.4) is 0 Å². The number of carbonyl (C=O) groups is 2. The Balaban J connectivity index is 2.29. The van der Waals surface area contributed by atoms with Gasteiger partial charge in [0.15, 0.2) is 0 Å². The van der Waals surface area contributed by atoms with Crippen molar-refractivity contribution >= 4 is 12.1 Å². The predicted molar refractivity (Wildman–Crippen MR) is 74.6 cm³/mol. The van der Waals surface area contributed by atoms with E-state index in [2.05, 4.69) is 0 Å². The maximum absolute atomic E-state index is 12.3. The third-order valence-electron chi connectivity index (χ3n) is 3.00. The van der Waals surface area contributed by atoms with E-state index >= 15 is 0 Å². The van der Waals surface area contributed by atoms with Gasteiger partial charge in [0.2, 0.25) is 6.23 Å². The second kappa shape index (κ2) is 5.73. The first kappa shape index (κ1) is 15.3. The zero-order valence-electron chi connectivity index (χ0n) is 12.3. The van der Waals surface area contributed by atoms with Gasteiger partial charge in [0.1, 0.15) is 5.60 Å². The molecule has 6 heteroatoms. The van der Waals surface area contributed by atoms with E-state index < -0.39 is 29.9 Å². The maximum Gasteiger partial charge on any atom is 0.413 e. The van der Waals surface area contributed by atoms with E-state index in [0.717, 1.165) is 10.5 Å². The van der Waals surface area contributed by atoms with E-state index in [-0.39, 0.29) is 6.61 Å². The molecule has 1 aliphatic heterocycles. The Morgan fingerprint density at radius 2 is 1.90 bits per heavy atom. The lowest BCUT2D eigenvalue weighted by Crippen LogP contribution is -2.45. The second-order valence-electron chi connectivity index (χ2n) is 5.84. The SMILES string of the molecule is CC(C)(C)OC(=O)N1[C@@H](C(=O)O)OC[C@H]1c1ccccc1. The molecule has 0 radical (unpaired) electrons. The summed E-state index contributed by atoms with van der Waals surface area (Å²) in [7, 11) is 0. The summed E-state index contributed by atoms with van der Waals surface area (Å²) in [5.41, 5.74) is 0.108. The van der Waals surface area contributed by atoms with Crippen molar-refractivity contribution in [1.29, 1.82) is 0 Å². The van der Waals surface area contributed by atoms with Crippen molar-refractivity contribution in [2.75, 3.05) is 6.61 Å². The summed E-state index contributed by atoms with van der Waals surface area (Å²) < 4.78 is 10.6. The van der Waals surface area contributed by atoms with Crippen molar-refractivity contribution in [3.63, 3.8) is 0 Å². The van der Waals surface area contributed by atoms with Gasteiger partial charge in [-0.1, -0.05) is 30.3 Å². The molecule has 0 bridgehead atoms. The average Bonchev–Trinajstić information content (AvgIpc) is 2.82. The third-order valence-corrected chi connectivity index (χ3v) is 3.00. The number of hydrogen-bond donors (Lipinski definition) is 1. The van der Waals surface area contributed by atoms with Gasteiger partial charge in [0, 0.05) is 0 Å². The van der Waals surface area contributed by atoms with Crippen LogP contribution < -0.4 is 0 Å². The zero-order valence-corrected chi connectivity index (χ0v) is 12.3. The van der Waals surface area contributed by atoms with Crippen molar-refractivity contribution in [3.8, 4) is 0 Å². The van der Waals surface area contributed by atoms with E-state index in [9.17, 15) is 14.7 Å². The van der Waals surface area contributed by atoms with Crippen molar-refractivity contribution in [1.82, 2.24) is 4.90 Å². The van der Waals surface area contributed by atoms with E-state index in [0.29, 0.717) is 0 Å². The van der Waals surface area contributed by atoms with Crippen molar-refractivity contribution in [3.05, 3.63) is 35.9 Å². The van der Waals surface area contributed by atoms with Gasteiger partial charge < -0.3 is 14.6 Å². The fourth-order valence-electron chi connectivity index (χ4n) is 2.17. The molecule has 1 aromatic rings. The van der Waals surface area contributed by atoms with Gasteiger partial charge in [-0.15, -0.1) is 0 Å². The fourth-order valence-corrected chi connectivity index (χ4v) is 2.17. The zero-order chi connectivity index (χ0) is 15.6. The Morgan fingerprint density at radius 1 is 1.29 bits per heavy atom. The van der Waals surface area contributed by atoms with Gasteiger partial charge in [-0.25, -0.2) is 9.59 Å². The highest BCUT2D eigenvalue weighted by molar-refractivity contribution is 5.80. The van der Waals surface area contributed by atoms with E-state index in [1.165, 1.54) is 0 Å². The molecule has 0 spiro atoms. The Hall–Kier alpha value is -2.08. The van der Waals surface area contributed by atoms with E-state index in [4.69, 9.17) is 9.47 Å². The molecule has 1 aromatic carbocycles. The van der Waals surface area contributed by atoms with Gasteiger partial charge in [-0.2, -0.15) is 0 Å². The lowest BCUT2D eigenvalue weighted by Gasteiger charge is -2.29. The normalized spacial score (nSPS) is 22.1. The summed E-state index contributed by atoms with van der Waals surface area (Å²) in [5.74, 6) is -1.21. The number of carbonyl (C=O) groups excluding carboxylic acids is 1. The smallest absolute Gasteiger partial charge is 0.413 e. The van der Waals surface area contributed by atoms with Crippen LogP contribution in [0.2, 0.25) is 0 Å². The van der Waals surface area contributed by atoms with Gasteiger partial charge >= 0.3 is 12.1 Å². The van der Waals surface area contributed by atoms with Gasteiger partial charge in [-0.3, -0.25) is 4.90 Å². The molecule has 1 fully saturated rings. The van der Waals surface area contributed by atoms with Crippen LogP contribution in [0.25, 0.3) is 0 Å². The number of carboxylic acid groups (broad SMARTS) is 1. The van der Waals surface area contributed by atoms with Crippen molar-refractivity contribution in [2.24, 2.45) is 0 Å². The monoisotopic (exact) mass is 293 g/mol. The second-order valence-corrected chi connectivity index (χ2v) is 5.84. The standard InChI is InChI=1S/C15H19NO5/c1-15(2,3)21-14(19)16-11(9-20-12(16)13(17)18)10-7-5-4-6-8-10/h4-8,11-12H,9H2,1-3H3,(H,17,18)/t11-,12+/m0/s1. The first-order chi connectivity index (χ1) is 9.79. The first-order valence-electron chi connectivity index (χ1n) is 6.70. The maximum atomic E-state index is 12.3. The summed E-state index contributed by atoms with van der Waals surface area (Å²) in [4.78, 5) is 24.7. The van der Waals surface area contributed by atoms with E-state index in [1.807, 2.05) is 30.3 Å². The Kier molecular flexibility index (Phi) is 4.18. The molecule has 0 saturated carbocycles. The van der Waals surface area contributed by atoms with Gasteiger partial charge in [0.05, 0.1) is 12.6 Å². The summed E-state index contributed by atoms with van der Waals surface area (Å²) in [6, 6.07) is 8.70. The minimum absolute atomic E-state index is 0.125. The number of benzene rings is 1. The van der Waals surface area contributed by atoms with E-state index in [1.54, 1.807) is 20.8 Å². The molecule has 6 nitrogen and oxygen atoms in total. The number of ether oxygens (including phenoxy) is 2. The lowest BCUT2D eigenvalue weighted by molar-refractivity contribution is -0.154. The highest BCUT2D eigenvalue weighted by Gasteiger charge is 2.44. The Labute approximate surface area is 123 Å². The number of carboxylic acids is 1. The van der Waals surface area contributed by atoms with Crippen LogP contribution in [0.5, 0.6) is 0 Å². The number of nitrogens with zero attached hydrogens (tertiary/aromatic N) is 1.